The fourth-order valence-electron chi connectivity index (χ4n) is 3.79. The largest absolute Gasteiger partial charge is 0.417 e. The number of hydrogen-bond acceptors (Lipinski definition) is 7. The van der Waals surface area contributed by atoms with Crippen LogP contribution in [-0.2, 0) is 19.1 Å². The molecular weight excluding hydrogens is 504 g/mol. The Morgan fingerprint density at radius 2 is 1.86 bits per heavy atom. The van der Waals surface area contributed by atoms with Gasteiger partial charge >= 0.3 is 12.4 Å². The van der Waals surface area contributed by atoms with Crippen molar-refractivity contribution in [2.75, 3.05) is 23.3 Å². The van der Waals surface area contributed by atoms with Crippen LogP contribution < -0.4 is 15.5 Å². The summed E-state index contributed by atoms with van der Waals surface area (Å²) in [6.07, 6.45) is -6.37. The second kappa shape index (κ2) is 9.92. The van der Waals surface area contributed by atoms with Crippen LogP contribution in [0.3, 0.4) is 0 Å². The number of hydrogen-bond donors (Lipinski definition) is 2. The Kier molecular flexibility index (Phi) is 6.88. The first-order valence-electron chi connectivity index (χ1n) is 10.7. The number of pyridine rings is 1. The van der Waals surface area contributed by atoms with Gasteiger partial charge in [-0.05, 0) is 36.8 Å². The van der Waals surface area contributed by atoms with Crippen molar-refractivity contribution >= 4 is 23.2 Å². The van der Waals surface area contributed by atoms with E-state index in [-0.39, 0.29) is 23.6 Å². The molecule has 0 saturated carbocycles. The molecule has 2 aromatic heterocycles. The highest BCUT2D eigenvalue weighted by molar-refractivity contribution is 5.94. The Hall–Kier alpha value is -4.41. The lowest BCUT2D eigenvalue weighted by Crippen LogP contribution is -2.33. The fourth-order valence-corrected chi connectivity index (χ4v) is 3.79. The van der Waals surface area contributed by atoms with Gasteiger partial charge in [-0.15, -0.1) is 0 Å². The number of anilines is 3. The van der Waals surface area contributed by atoms with E-state index in [2.05, 4.69) is 20.3 Å². The number of aromatic nitrogens is 3. The molecule has 1 aromatic carbocycles. The maximum atomic E-state index is 13.4. The highest BCUT2D eigenvalue weighted by atomic mass is 19.4. The third-order valence-corrected chi connectivity index (χ3v) is 5.52. The number of halogens is 6. The van der Waals surface area contributed by atoms with Gasteiger partial charge in [-0.3, -0.25) is 4.79 Å². The van der Waals surface area contributed by atoms with Crippen LogP contribution >= 0.6 is 0 Å². The number of carbonyl (C=O) groups is 1. The lowest BCUT2D eigenvalue weighted by atomic mass is 10.0. The lowest BCUT2D eigenvalue weighted by molar-refractivity contribution is -0.137. The molecule has 0 unspecified atom stereocenters. The molecule has 0 saturated heterocycles. The van der Waals surface area contributed by atoms with Crippen LogP contribution in [0.25, 0.3) is 0 Å². The van der Waals surface area contributed by atoms with E-state index in [4.69, 9.17) is 5.26 Å². The Bertz CT molecular complexity index is 1370. The maximum Gasteiger partial charge on any atom is 0.417 e. The SMILES string of the molecule is N#Cc1ccc(N2CCc3c(ncnc3Nc3cc(C(=O)NCC(F)(F)F)ccn3)C2)cc1C(F)(F)F. The van der Waals surface area contributed by atoms with Crippen LogP contribution in [0, 0.1) is 11.3 Å². The first-order chi connectivity index (χ1) is 17.4. The molecule has 37 heavy (non-hydrogen) atoms. The van der Waals surface area contributed by atoms with Gasteiger partial charge in [0.15, 0.2) is 0 Å². The molecular formula is C23H17F6N7O. The number of benzene rings is 1. The number of nitriles is 1. The smallest absolute Gasteiger partial charge is 0.365 e. The molecule has 8 nitrogen and oxygen atoms in total. The molecule has 192 valence electrons. The predicted octanol–water partition coefficient (Wildman–Crippen LogP) is 4.36. The summed E-state index contributed by atoms with van der Waals surface area (Å²) in [4.78, 5) is 26.2. The van der Waals surface area contributed by atoms with Crippen LogP contribution in [0.4, 0.5) is 43.7 Å². The average Bonchev–Trinajstić information content (AvgIpc) is 2.86. The molecule has 0 bridgehead atoms. The van der Waals surface area contributed by atoms with E-state index in [1.54, 1.807) is 16.3 Å². The Morgan fingerprint density at radius 3 is 2.57 bits per heavy atom. The summed E-state index contributed by atoms with van der Waals surface area (Å²) in [5.74, 6) is -0.422. The Morgan fingerprint density at radius 1 is 1.08 bits per heavy atom. The third kappa shape index (κ3) is 6.05. The second-order valence-electron chi connectivity index (χ2n) is 8.01. The number of nitrogens with one attached hydrogen (secondary N) is 2. The van der Waals surface area contributed by atoms with Crippen molar-refractivity contribution in [3.63, 3.8) is 0 Å². The number of alkyl halides is 6. The lowest BCUT2D eigenvalue weighted by Gasteiger charge is -2.31. The molecule has 0 aliphatic carbocycles. The van der Waals surface area contributed by atoms with E-state index in [0.717, 1.165) is 12.1 Å². The molecule has 0 radical (unpaired) electrons. The third-order valence-electron chi connectivity index (χ3n) is 5.52. The number of carbonyl (C=O) groups excluding carboxylic acids is 1. The van der Waals surface area contributed by atoms with Crippen molar-refractivity contribution in [1.82, 2.24) is 20.3 Å². The van der Waals surface area contributed by atoms with E-state index in [1.165, 1.54) is 30.7 Å². The van der Waals surface area contributed by atoms with Crippen molar-refractivity contribution < 1.29 is 31.1 Å². The van der Waals surface area contributed by atoms with Gasteiger partial charge in [-0.2, -0.15) is 31.6 Å². The zero-order valence-electron chi connectivity index (χ0n) is 18.8. The molecule has 4 rings (SSSR count). The highest BCUT2D eigenvalue weighted by Gasteiger charge is 2.34. The van der Waals surface area contributed by atoms with Gasteiger partial charge in [-0.1, -0.05) is 0 Å². The van der Waals surface area contributed by atoms with Crippen LogP contribution in [0.5, 0.6) is 0 Å². The van der Waals surface area contributed by atoms with Gasteiger partial charge in [0.05, 0.1) is 29.4 Å². The van der Waals surface area contributed by atoms with Gasteiger partial charge in [0.1, 0.15) is 24.5 Å². The topological polar surface area (TPSA) is 107 Å². The molecule has 14 heteroatoms. The van der Waals surface area contributed by atoms with Gasteiger partial charge in [-0.25, -0.2) is 15.0 Å². The van der Waals surface area contributed by atoms with Crippen molar-refractivity contribution in [3.8, 4) is 6.07 Å². The molecule has 0 spiro atoms. The standard InChI is InChI=1S/C23H17F6N7O/c24-22(25,26)11-32-21(37)13-3-5-31-19(7-13)35-20-16-4-6-36(10-18(16)33-12-34-20)15-2-1-14(9-30)17(8-15)23(27,28)29/h1-3,5,7-8,12H,4,6,10-11H2,(H,32,37)(H,31,33,34,35). The minimum Gasteiger partial charge on any atom is -0.365 e. The predicted molar refractivity (Wildman–Crippen MR) is 119 cm³/mol. The maximum absolute atomic E-state index is 13.4. The molecule has 1 amide bonds. The van der Waals surface area contributed by atoms with Crippen molar-refractivity contribution in [3.05, 3.63) is 70.8 Å². The summed E-state index contributed by atoms with van der Waals surface area (Å²) in [6.45, 7) is -0.981. The summed E-state index contributed by atoms with van der Waals surface area (Å²) < 4.78 is 77.3. The zero-order chi connectivity index (χ0) is 26.8. The van der Waals surface area contributed by atoms with Crippen molar-refractivity contribution in [1.29, 1.82) is 5.26 Å². The van der Waals surface area contributed by atoms with E-state index in [0.29, 0.717) is 30.0 Å². The van der Waals surface area contributed by atoms with E-state index < -0.39 is 35.9 Å². The van der Waals surface area contributed by atoms with Crippen LogP contribution in [-0.4, -0.2) is 40.1 Å². The molecule has 3 aromatic rings. The minimum atomic E-state index is -4.68. The minimum absolute atomic E-state index is 0.0443. The summed E-state index contributed by atoms with van der Waals surface area (Å²) in [6, 6.07) is 7.59. The summed E-state index contributed by atoms with van der Waals surface area (Å²) >= 11 is 0. The molecule has 1 aliphatic heterocycles. The summed E-state index contributed by atoms with van der Waals surface area (Å²) in [5, 5.41) is 13.7. The molecule has 2 N–H and O–H groups in total. The van der Waals surface area contributed by atoms with Crippen LogP contribution in [0.2, 0.25) is 0 Å². The average molecular weight is 521 g/mol. The second-order valence-corrected chi connectivity index (χ2v) is 8.01. The number of nitrogens with zero attached hydrogens (tertiary/aromatic N) is 5. The number of fused-ring (bicyclic) bond motifs is 1. The Balaban J connectivity index is 1.53. The molecule has 3 heterocycles. The van der Waals surface area contributed by atoms with Gasteiger partial charge in [0.25, 0.3) is 5.91 Å². The fraction of sp³-hybridized carbons (Fsp3) is 0.261. The van der Waals surface area contributed by atoms with E-state index in [9.17, 15) is 31.1 Å². The zero-order valence-corrected chi connectivity index (χ0v) is 18.8. The molecule has 0 fully saturated rings. The highest BCUT2D eigenvalue weighted by Crippen LogP contribution is 2.36. The monoisotopic (exact) mass is 521 g/mol. The summed E-state index contributed by atoms with van der Waals surface area (Å²) in [5.41, 5.74) is -0.0303. The van der Waals surface area contributed by atoms with Crippen LogP contribution in [0.15, 0.2) is 42.9 Å². The van der Waals surface area contributed by atoms with Gasteiger partial charge < -0.3 is 15.5 Å². The van der Waals surface area contributed by atoms with E-state index in [1.807, 2.05) is 0 Å². The van der Waals surface area contributed by atoms with E-state index >= 15 is 0 Å². The van der Waals surface area contributed by atoms with Gasteiger partial charge in [0, 0.05) is 29.6 Å². The first kappa shape index (κ1) is 25.7. The molecule has 0 atom stereocenters. The van der Waals surface area contributed by atoms with Crippen molar-refractivity contribution in [2.45, 2.75) is 25.3 Å². The first-order valence-corrected chi connectivity index (χ1v) is 10.7. The quantitative estimate of drug-likeness (QED) is 0.481. The number of rotatable bonds is 5. The summed E-state index contributed by atoms with van der Waals surface area (Å²) in [7, 11) is 0. The van der Waals surface area contributed by atoms with Crippen LogP contribution in [0.1, 0.15) is 32.7 Å². The normalized spacial score (nSPS) is 13.5. The Labute approximate surface area is 206 Å². The number of amides is 1. The van der Waals surface area contributed by atoms with Crippen molar-refractivity contribution in [2.24, 2.45) is 0 Å². The van der Waals surface area contributed by atoms with Gasteiger partial charge in [0.2, 0.25) is 0 Å². The molecule has 1 aliphatic rings.